The highest BCUT2D eigenvalue weighted by Gasteiger charge is 2.14. The number of amidine groups is 1. The lowest BCUT2D eigenvalue weighted by atomic mass is 10.0. The van der Waals surface area contributed by atoms with Crippen LogP contribution in [-0.2, 0) is 17.8 Å². The van der Waals surface area contributed by atoms with Crippen LogP contribution in [0, 0.1) is 5.41 Å². The third kappa shape index (κ3) is 4.02. The summed E-state index contributed by atoms with van der Waals surface area (Å²) in [4.78, 5) is 11.3. The molecule has 120 valence electrons. The van der Waals surface area contributed by atoms with Gasteiger partial charge in [-0.1, -0.05) is 24.3 Å². The summed E-state index contributed by atoms with van der Waals surface area (Å²) in [6.07, 6.45) is 1.26. The number of aryl methyl sites for hydroxylation is 1. The number of carbonyl (C=O) groups is 1. The van der Waals surface area contributed by atoms with Crippen LogP contribution < -0.4 is 15.8 Å². The monoisotopic (exact) mass is 331 g/mol. The Hall–Kier alpha value is -2.53. The van der Waals surface area contributed by atoms with E-state index in [1.54, 1.807) is 0 Å². The number of benzene rings is 2. The van der Waals surface area contributed by atoms with Gasteiger partial charge in [0.05, 0.1) is 0 Å². The van der Waals surface area contributed by atoms with Crippen molar-refractivity contribution in [3.8, 4) is 5.75 Å². The fourth-order valence-corrected chi connectivity index (χ4v) is 2.40. The topological polar surface area (TPSA) is 88.2 Å². The first-order valence-corrected chi connectivity index (χ1v) is 7.11. The van der Waals surface area contributed by atoms with Crippen molar-refractivity contribution in [2.75, 3.05) is 5.32 Å². The van der Waals surface area contributed by atoms with Gasteiger partial charge in [0.2, 0.25) is 5.91 Å². The molecule has 0 saturated carbocycles. The first kappa shape index (κ1) is 16.8. The number of carbonyl (C=O) groups excluding carboxylic acids is 1. The van der Waals surface area contributed by atoms with Gasteiger partial charge in [0.25, 0.3) is 0 Å². The third-order valence-electron chi connectivity index (χ3n) is 3.64. The van der Waals surface area contributed by atoms with E-state index < -0.39 is 0 Å². The highest BCUT2D eigenvalue weighted by Crippen LogP contribution is 2.27. The molecule has 2 aromatic rings. The normalized spacial score (nSPS) is 12.6. The number of rotatable bonds is 4. The van der Waals surface area contributed by atoms with Crippen LogP contribution in [0.5, 0.6) is 5.75 Å². The molecule has 23 heavy (non-hydrogen) atoms. The minimum atomic E-state index is 0. The van der Waals surface area contributed by atoms with Gasteiger partial charge in [0.1, 0.15) is 18.2 Å². The average molecular weight is 332 g/mol. The maximum absolute atomic E-state index is 11.3. The number of fused-ring (bicyclic) bond motifs is 1. The van der Waals surface area contributed by atoms with E-state index in [0.29, 0.717) is 18.6 Å². The van der Waals surface area contributed by atoms with Crippen LogP contribution >= 0.6 is 12.4 Å². The summed E-state index contributed by atoms with van der Waals surface area (Å²) in [5.74, 6) is 0.904. The summed E-state index contributed by atoms with van der Waals surface area (Å²) >= 11 is 0. The number of nitrogens with one attached hydrogen (secondary N) is 2. The summed E-state index contributed by atoms with van der Waals surface area (Å²) in [7, 11) is 0. The number of nitrogen functional groups attached to an aromatic ring is 1. The van der Waals surface area contributed by atoms with Gasteiger partial charge in [-0.15, -0.1) is 12.4 Å². The predicted octanol–water partition coefficient (Wildman–Crippen LogP) is 2.86. The molecule has 2 aromatic carbocycles. The zero-order valence-corrected chi connectivity index (χ0v) is 13.3. The summed E-state index contributed by atoms with van der Waals surface area (Å²) in [6, 6.07) is 13.1. The second-order valence-corrected chi connectivity index (χ2v) is 5.27. The van der Waals surface area contributed by atoms with Crippen LogP contribution in [0.25, 0.3) is 0 Å². The molecular weight excluding hydrogens is 314 g/mol. The quantitative estimate of drug-likeness (QED) is 0.594. The van der Waals surface area contributed by atoms with Crippen LogP contribution in [0.4, 0.5) is 5.69 Å². The van der Waals surface area contributed by atoms with Crippen LogP contribution in [0.1, 0.15) is 23.1 Å². The largest absolute Gasteiger partial charge is 0.489 e. The van der Waals surface area contributed by atoms with E-state index in [4.69, 9.17) is 15.9 Å². The van der Waals surface area contributed by atoms with E-state index >= 15 is 0 Å². The zero-order valence-electron chi connectivity index (χ0n) is 12.5. The first-order valence-electron chi connectivity index (χ1n) is 7.11. The van der Waals surface area contributed by atoms with E-state index in [0.717, 1.165) is 29.0 Å². The Kier molecular flexibility index (Phi) is 5.24. The van der Waals surface area contributed by atoms with Gasteiger partial charge in [0.15, 0.2) is 0 Å². The molecule has 5 nitrogen and oxygen atoms in total. The molecule has 6 heteroatoms. The Morgan fingerprint density at radius 3 is 2.61 bits per heavy atom. The van der Waals surface area contributed by atoms with Gasteiger partial charge in [-0.3, -0.25) is 10.2 Å². The van der Waals surface area contributed by atoms with E-state index in [9.17, 15) is 4.79 Å². The zero-order chi connectivity index (χ0) is 15.5. The van der Waals surface area contributed by atoms with Crippen molar-refractivity contribution in [2.45, 2.75) is 19.4 Å². The summed E-state index contributed by atoms with van der Waals surface area (Å²) in [5.41, 5.74) is 9.11. The first-order chi connectivity index (χ1) is 10.6. The fraction of sp³-hybridized carbons (Fsp3) is 0.176. The van der Waals surface area contributed by atoms with E-state index in [1.165, 1.54) is 0 Å². The molecule has 0 aliphatic carbocycles. The van der Waals surface area contributed by atoms with Crippen molar-refractivity contribution in [3.05, 3.63) is 59.2 Å². The summed E-state index contributed by atoms with van der Waals surface area (Å²) in [6.45, 7) is 0.448. The van der Waals surface area contributed by atoms with Crippen molar-refractivity contribution in [1.82, 2.24) is 0 Å². The van der Waals surface area contributed by atoms with Gasteiger partial charge in [0, 0.05) is 17.7 Å². The molecule has 1 aliphatic rings. The predicted molar refractivity (Wildman–Crippen MR) is 92.4 cm³/mol. The second kappa shape index (κ2) is 7.15. The number of hydrogen-bond donors (Lipinski definition) is 3. The standard InChI is InChI=1S/C17H17N3O2.ClH/c18-17(19)12-3-1-11(2-4-12)10-22-14-6-7-15-13(9-14)5-8-16(21)20-15;/h1-4,6-7,9H,5,8,10H2,(H3,18,19)(H,20,21);1H. The molecular formula is C17H18ClN3O2. The molecule has 0 spiro atoms. The minimum Gasteiger partial charge on any atom is -0.489 e. The molecule has 0 fully saturated rings. The highest BCUT2D eigenvalue weighted by atomic mass is 35.5. The van der Waals surface area contributed by atoms with Gasteiger partial charge in [-0.25, -0.2) is 0 Å². The van der Waals surface area contributed by atoms with Crippen molar-refractivity contribution in [2.24, 2.45) is 5.73 Å². The smallest absolute Gasteiger partial charge is 0.224 e. The van der Waals surface area contributed by atoms with Crippen molar-refractivity contribution < 1.29 is 9.53 Å². The number of nitrogens with two attached hydrogens (primary N) is 1. The van der Waals surface area contributed by atoms with Crippen molar-refractivity contribution >= 4 is 29.8 Å². The molecule has 1 amide bonds. The van der Waals surface area contributed by atoms with Crippen molar-refractivity contribution in [3.63, 3.8) is 0 Å². The average Bonchev–Trinajstić information content (AvgIpc) is 2.53. The second-order valence-electron chi connectivity index (χ2n) is 5.27. The van der Waals surface area contributed by atoms with E-state index in [-0.39, 0.29) is 24.1 Å². The third-order valence-corrected chi connectivity index (χ3v) is 3.64. The SMILES string of the molecule is Cl.N=C(N)c1ccc(COc2ccc3c(c2)CCC(=O)N3)cc1. The summed E-state index contributed by atoms with van der Waals surface area (Å²) < 4.78 is 5.79. The molecule has 0 radical (unpaired) electrons. The van der Waals surface area contributed by atoms with E-state index in [2.05, 4.69) is 5.32 Å². The molecule has 4 N–H and O–H groups in total. The van der Waals surface area contributed by atoms with Gasteiger partial charge < -0.3 is 15.8 Å². The van der Waals surface area contributed by atoms with Crippen LogP contribution in [0.2, 0.25) is 0 Å². The van der Waals surface area contributed by atoms with Gasteiger partial charge >= 0.3 is 0 Å². The Labute approximate surface area is 140 Å². The number of ether oxygens (including phenoxy) is 1. The van der Waals surface area contributed by atoms with Gasteiger partial charge in [-0.2, -0.15) is 0 Å². The molecule has 0 bridgehead atoms. The Morgan fingerprint density at radius 1 is 1.17 bits per heavy atom. The van der Waals surface area contributed by atoms with Crippen LogP contribution in [0.15, 0.2) is 42.5 Å². The van der Waals surface area contributed by atoms with E-state index in [1.807, 2.05) is 42.5 Å². The maximum Gasteiger partial charge on any atom is 0.224 e. The number of anilines is 1. The number of halogens is 1. The van der Waals surface area contributed by atoms with Crippen LogP contribution in [-0.4, -0.2) is 11.7 Å². The number of amides is 1. The lowest BCUT2D eigenvalue weighted by molar-refractivity contribution is -0.116. The molecule has 0 unspecified atom stereocenters. The van der Waals surface area contributed by atoms with Gasteiger partial charge in [-0.05, 0) is 35.7 Å². The molecule has 1 aliphatic heterocycles. The number of hydrogen-bond acceptors (Lipinski definition) is 3. The maximum atomic E-state index is 11.3. The minimum absolute atomic E-state index is 0. The Bertz CT molecular complexity index is 729. The fourth-order valence-electron chi connectivity index (χ4n) is 2.40. The molecule has 0 saturated heterocycles. The lowest BCUT2D eigenvalue weighted by Gasteiger charge is -2.17. The molecule has 0 atom stereocenters. The highest BCUT2D eigenvalue weighted by molar-refractivity contribution is 5.95. The lowest BCUT2D eigenvalue weighted by Crippen LogP contribution is -2.18. The Balaban J connectivity index is 0.00000192. The molecule has 1 heterocycles. The summed E-state index contributed by atoms with van der Waals surface area (Å²) in [5, 5.41) is 10.2. The van der Waals surface area contributed by atoms with Crippen molar-refractivity contribution in [1.29, 1.82) is 5.41 Å². The molecule has 0 aromatic heterocycles. The Morgan fingerprint density at radius 2 is 1.91 bits per heavy atom. The van der Waals surface area contributed by atoms with Crippen LogP contribution in [0.3, 0.4) is 0 Å². The molecule has 3 rings (SSSR count).